The van der Waals surface area contributed by atoms with Crippen molar-refractivity contribution in [3.8, 4) is 22.3 Å². The molecule has 0 aliphatic heterocycles. The van der Waals surface area contributed by atoms with Crippen LogP contribution in [0.4, 0.5) is 0 Å². The summed E-state index contributed by atoms with van der Waals surface area (Å²) in [6.07, 6.45) is 0. The van der Waals surface area contributed by atoms with E-state index in [-0.39, 0.29) is 0 Å². The Balaban J connectivity index is 0.920. The van der Waals surface area contributed by atoms with Gasteiger partial charge in [-0.15, -0.1) is 0 Å². The molecule has 0 nitrogen and oxygen atoms in total. The third-order valence-corrected chi connectivity index (χ3v) is 11.7. The molecule has 0 aromatic heterocycles. The fourth-order valence-corrected chi connectivity index (χ4v) is 8.85. The molecule has 0 amide bonds. The van der Waals surface area contributed by atoms with Crippen LogP contribution in [0.5, 0.6) is 0 Å². The van der Waals surface area contributed by atoms with Crippen LogP contribution >= 0.6 is 0 Å². The predicted molar refractivity (Wildman–Crippen MR) is 235 cm³/mol. The molecule has 0 aliphatic carbocycles. The van der Waals surface area contributed by atoms with Crippen LogP contribution < -0.4 is 0 Å². The molecule has 0 spiro atoms. The SMILES string of the molecule is c1ccc2cc3cc(-c4ccc5cc6cc7ccc(-c8ccc9cc%10cc%11cc%12ccccc%12cc%11cc%10cc9c8)cc7cc6cc5c4)ccc3cc2c1. The van der Waals surface area contributed by atoms with Gasteiger partial charge < -0.3 is 0 Å². The topological polar surface area (TPSA) is 0 Å². The number of fused-ring (bicyclic) bond motifs is 9. The maximum absolute atomic E-state index is 2.37. The van der Waals surface area contributed by atoms with Crippen LogP contribution in [0.15, 0.2) is 194 Å². The molecule has 0 saturated heterocycles. The van der Waals surface area contributed by atoms with Crippen molar-refractivity contribution in [2.75, 3.05) is 0 Å². The molecular formula is C54H32. The van der Waals surface area contributed by atoms with E-state index >= 15 is 0 Å². The minimum atomic E-state index is 1.24. The van der Waals surface area contributed by atoms with Gasteiger partial charge in [-0.1, -0.05) is 97.1 Å². The molecule has 0 atom stereocenters. The summed E-state index contributed by atoms with van der Waals surface area (Å²) in [7, 11) is 0. The smallest absolute Gasteiger partial charge is 0.0171 e. The molecule has 12 rings (SSSR count). The van der Waals surface area contributed by atoms with Crippen LogP contribution in [-0.4, -0.2) is 0 Å². The summed E-state index contributed by atoms with van der Waals surface area (Å²) in [5.41, 5.74) is 4.96. The first kappa shape index (κ1) is 29.5. The Bertz CT molecular complexity index is 3550. The fourth-order valence-electron chi connectivity index (χ4n) is 8.85. The molecule has 0 N–H and O–H groups in total. The van der Waals surface area contributed by atoms with E-state index in [1.807, 2.05) is 0 Å². The zero-order chi connectivity index (χ0) is 35.3. The Morgan fingerprint density at radius 3 is 0.537 bits per heavy atom. The van der Waals surface area contributed by atoms with Gasteiger partial charge in [-0.3, -0.25) is 0 Å². The van der Waals surface area contributed by atoms with Gasteiger partial charge in [-0.05, 0) is 216 Å². The fraction of sp³-hybridized carbons (Fsp3) is 0. The lowest BCUT2D eigenvalue weighted by Gasteiger charge is -2.11. The van der Waals surface area contributed by atoms with Gasteiger partial charge in [0.1, 0.15) is 0 Å². The minimum absolute atomic E-state index is 1.24. The van der Waals surface area contributed by atoms with E-state index in [1.165, 1.54) is 119 Å². The zero-order valence-corrected chi connectivity index (χ0v) is 29.5. The third-order valence-electron chi connectivity index (χ3n) is 11.7. The molecule has 54 heavy (non-hydrogen) atoms. The van der Waals surface area contributed by atoms with Crippen LogP contribution in [-0.2, 0) is 0 Å². The van der Waals surface area contributed by atoms with Gasteiger partial charge in [-0.25, -0.2) is 0 Å². The van der Waals surface area contributed by atoms with Crippen LogP contribution in [0.2, 0.25) is 0 Å². The van der Waals surface area contributed by atoms with Gasteiger partial charge in [-0.2, -0.15) is 0 Å². The third kappa shape index (κ3) is 4.78. The molecule has 0 bridgehead atoms. The minimum Gasteiger partial charge on any atom is -0.0616 e. The maximum atomic E-state index is 2.37. The highest BCUT2D eigenvalue weighted by atomic mass is 14.1. The zero-order valence-electron chi connectivity index (χ0n) is 29.5. The molecule has 0 radical (unpaired) electrons. The highest BCUT2D eigenvalue weighted by Gasteiger charge is 2.09. The van der Waals surface area contributed by atoms with Gasteiger partial charge in [0.05, 0.1) is 0 Å². The van der Waals surface area contributed by atoms with Crippen molar-refractivity contribution < 1.29 is 0 Å². The summed E-state index contributed by atoms with van der Waals surface area (Å²) in [4.78, 5) is 0. The second-order valence-electron chi connectivity index (χ2n) is 15.1. The molecule has 0 unspecified atom stereocenters. The normalized spacial score (nSPS) is 12.1. The first-order chi connectivity index (χ1) is 26.6. The first-order valence-corrected chi connectivity index (χ1v) is 18.8. The molecule has 0 fully saturated rings. The Hall–Kier alpha value is -7.02. The number of hydrogen-bond donors (Lipinski definition) is 0. The largest absolute Gasteiger partial charge is 0.0616 e. The maximum Gasteiger partial charge on any atom is -0.0171 e. The summed E-state index contributed by atoms with van der Waals surface area (Å²) < 4.78 is 0. The molecule has 12 aromatic carbocycles. The molecule has 12 aromatic rings. The van der Waals surface area contributed by atoms with E-state index in [9.17, 15) is 0 Å². The van der Waals surface area contributed by atoms with Crippen molar-refractivity contribution in [2.45, 2.75) is 0 Å². The molecule has 248 valence electrons. The highest BCUT2D eigenvalue weighted by Crippen LogP contribution is 2.36. The molecule has 0 saturated carbocycles. The average Bonchev–Trinajstić information content (AvgIpc) is 3.21. The lowest BCUT2D eigenvalue weighted by Crippen LogP contribution is -1.84. The predicted octanol–water partition coefficient (Wildman–Crippen LogP) is 15.4. The summed E-state index contributed by atoms with van der Waals surface area (Å²) in [6.45, 7) is 0. The van der Waals surface area contributed by atoms with Crippen LogP contribution in [0.3, 0.4) is 0 Å². The molecule has 0 heterocycles. The lowest BCUT2D eigenvalue weighted by molar-refractivity contribution is 1.68. The average molecular weight is 681 g/mol. The van der Waals surface area contributed by atoms with E-state index in [1.54, 1.807) is 0 Å². The number of rotatable bonds is 2. The Kier molecular flexibility index (Phi) is 6.15. The Morgan fingerprint density at radius 1 is 0.130 bits per heavy atom. The lowest BCUT2D eigenvalue weighted by atomic mass is 9.93. The Morgan fingerprint density at radius 2 is 0.296 bits per heavy atom. The van der Waals surface area contributed by atoms with E-state index in [0.29, 0.717) is 0 Å². The van der Waals surface area contributed by atoms with E-state index < -0.39 is 0 Å². The van der Waals surface area contributed by atoms with Crippen molar-refractivity contribution in [2.24, 2.45) is 0 Å². The summed E-state index contributed by atoms with van der Waals surface area (Å²) in [5.74, 6) is 0. The summed E-state index contributed by atoms with van der Waals surface area (Å²) >= 11 is 0. The summed E-state index contributed by atoms with van der Waals surface area (Å²) in [6, 6.07) is 72.8. The van der Waals surface area contributed by atoms with E-state index in [0.717, 1.165) is 0 Å². The van der Waals surface area contributed by atoms with E-state index in [4.69, 9.17) is 0 Å². The monoisotopic (exact) mass is 680 g/mol. The quantitative estimate of drug-likeness (QED) is 0.159. The first-order valence-electron chi connectivity index (χ1n) is 18.8. The van der Waals surface area contributed by atoms with Crippen molar-refractivity contribution in [1.29, 1.82) is 0 Å². The van der Waals surface area contributed by atoms with Crippen molar-refractivity contribution >= 4 is 97.0 Å². The van der Waals surface area contributed by atoms with Gasteiger partial charge in [0, 0.05) is 0 Å². The van der Waals surface area contributed by atoms with Crippen LogP contribution in [0.1, 0.15) is 0 Å². The van der Waals surface area contributed by atoms with Gasteiger partial charge in [0.15, 0.2) is 0 Å². The van der Waals surface area contributed by atoms with Crippen LogP contribution in [0.25, 0.3) is 119 Å². The second-order valence-corrected chi connectivity index (χ2v) is 15.1. The van der Waals surface area contributed by atoms with Crippen molar-refractivity contribution in [3.63, 3.8) is 0 Å². The number of hydrogen-bond acceptors (Lipinski definition) is 0. The standard InChI is InChI=1S/C54H32/c1-2-6-34-18-45-21-37(9-13-41(45)17-33(34)5-1)38-10-14-42-25-49-26-43-15-11-39(23-47(43)29-53(49)28-46(42)22-38)40-12-16-44-27-52-31-50-19-35-7-3-4-8-36(35)20-51(50)32-54(52)30-48(44)24-40/h1-32H. The van der Waals surface area contributed by atoms with Crippen molar-refractivity contribution in [3.05, 3.63) is 194 Å². The van der Waals surface area contributed by atoms with Gasteiger partial charge >= 0.3 is 0 Å². The van der Waals surface area contributed by atoms with Gasteiger partial charge in [0.25, 0.3) is 0 Å². The van der Waals surface area contributed by atoms with Gasteiger partial charge in [0.2, 0.25) is 0 Å². The number of benzene rings is 12. The molecular weight excluding hydrogens is 649 g/mol. The molecule has 0 aliphatic rings. The Labute approximate surface area is 312 Å². The summed E-state index contributed by atoms with van der Waals surface area (Å²) in [5, 5.41) is 22.9. The molecule has 0 heteroatoms. The van der Waals surface area contributed by atoms with E-state index in [2.05, 4.69) is 194 Å². The highest BCUT2D eigenvalue weighted by molar-refractivity contribution is 6.10. The van der Waals surface area contributed by atoms with Crippen molar-refractivity contribution in [1.82, 2.24) is 0 Å². The second kappa shape index (κ2) is 11.2. The van der Waals surface area contributed by atoms with Crippen LogP contribution in [0, 0.1) is 0 Å².